The molecule has 1 amide bonds. The Labute approximate surface area is 120 Å². The molecule has 0 bridgehead atoms. The summed E-state index contributed by atoms with van der Waals surface area (Å²) in [5.74, 6) is 0.394. The largest absolute Gasteiger partial charge is 0.366 e. The molecule has 2 aliphatic rings. The van der Waals surface area contributed by atoms with E-state index in [2.05, 4.69) is 41.4 Å². The number of amides is 1. The maximum absolute atomic E-state index is 11.8. The highest BCUT2D eigenvalue weighted by atomic mass is 16.2. The maximum Gasteiger partial charge on any atom is 0.225 e. The van der Waals surface area contributed by atoms with E-state index in [1.54, 1.807) is 0 Å². The van der Waals surface area contributed by atoms with E-state index < -0.39 is 0 Å². The lowest BCUT2D eigenvalue weighted by molar-refractivity contribution is -0.122. The first-order valence-corrected chi connectivity index (χ1v) is 7.60. The summed E-state index contributed by atoms with van der Waals surface area (Å²) in [7, 11) is 0. The van der Waals surface area contributed by atoms with Crippen molar-refractivity contribution in [3.8, 4) is 0 Å². The van der Waals surface area contributed by atoms with Gasteiger partial charge in [-0.25, -0.2) is 0 Å². The van der Waals surface area contributed by atoms with Gasteiger partial charge in [0.1, 0.15) is 0 Å². The van der Waals surface area contributed by atoms with Crippen LogP contribution in [0.5, 0.6) is 0 Å². The molecule has 2 fully saturated rings. The minimum Gasteiger partial charge on any atom is -0.366 e. The van der Waals surface area contributed by atoms with Crippen LogP contribution in [-0.2, 0) is 4.79 Å². The predicted octanol–water partition coefficient (Wildman–Crippen LogP) is 1.81. The first-order chi connectivity index (χ1) is 9.70. The number of nitrogens with one attached hydrogen (secondary N) is 1. The molecule has 0 saturated carbocycles. The number of anilines is 1. The first-order valence-electron chi connectivity index (χ1n) is 7.60. The summed E-state index contributed by atoms with van der Waals surface area (Å²) in [6.07, 6.45) is 3.06. The highest BCUT2D eigenvalue weighted by Gasteiger charge is 2.40. The van der Waals surface area contributed by atoms with Gasteiger partial charge in [-0.15, -0.1) is 0 Å². The molecule has 1 aromatic rings. The van der Waals surface area contributed by atoms with Gasteiger partial charge in [0.2, 0.25) is 5.91 Å². The molecule has 1 aromatic carbocycles. The third-order valence-corrected chi connectivity index (χ3v) is 4.69. The van der Waals surface area contributed by atoms with Crippen LogP contribution >= 0.6 is 0 Å². The minimum absolute atomic E-state index is 0.118. The molecule has 0 spiro atoms. The molecule has 2 aliphatic heterocycles. The Bertz CT molecular complexity index is 485. The third kappa shape index (κ3) is 2.29. The van der Waals surface area contributed by atoms with Gasteiger partial charge in [0.25, 0.3) is 0 Å². The summed E-state index contributed by atoms with van der Waals surface area (Å²) in [4.78, 5) is 14.2. The number of nitrogens with zero attached hydrogens (tertiary/aromatic N) is 1. The van der Waals surface area contributed by atoms with E-state index >= 15 is 0 Å². The molecule has 3 unspecified atom stereocenters. The van der Waals surface area contributed by atoms with Gasteiger partial charge in [0.05, 0.1) is 12.0 Å². The number of rotatable bonds is 3. The lowest BCUT2D eigenvalue weighted by atomic mass is 9.91. The molecule has 4 nitrogen and oxygen atoms in total. The summed E-state index contributed by atoms with van der Waals surface area (Å²) in [5.41, 5.74) is 8.46. The average Bonchev–Trinajstić information content (AvgIpc) is 2.88. The van der Waals surface area contributed by atoms with Gasteiger partial charge in [-0.1, -0.05) is 19.1 Å². The van der Waals surface area contributed by atoms with Crippen molar-refractivity contribution >= 4 is 11.6 Å². The molecule has 3 rings (SSSR count). The highest BCUT2D eigenvalue weighted by molar-refractivity contribution is 5.83. The van der Waals surface area contributed by atoms with Crippen LogP contribution in [0.1, 0.15) is 37.8 Å². The highest BCUT2D eigenvalue weighted by Crippen LogP contribution is 2.32. The summed E-state index contributed by atoms with van der Waals surface area (Å²) < 4.78 is 0. The number of benzene rings is 1. The molecule has 0 aliphatic carbocycles. The van der Waals surface area contributed by atoms with E-state index in [1.165, 1.54) is 11.3 Å². The summed E-state index contributed by atoms with van der Waals surface area (Å²) in [5, 5.41) is 3.00. The number of fused-ring (bicyclic) bond motifs is 1. The minimum atomic E-state index is 0.118. The van der Waals surface area contributed by atoms with Crippen molar-refractivity contribution in [2.75, 3.05) is 18.0 Å². The second-order valence-corrected chi connectivity index (χ2v) is 5.86. The number of carbonyl (C=O) groups is 1. The topological polar surface area (TPSA) is 58.4 Å². The van der Waals surface area contributed by atoms with Crippen molar-refractivity contribution in [1.82, 2.24) is 5.32 Å². The second-order valence-electron chi connectivity index (χ2n) is 5.86. The predicted molar refractivity (Wildman–Crippen MR) is 80.5 cm³/mol. The molecular formula is C16H23N3O. The van der Waals surface area contributed by atoms with E-state index in [1.807, 2.05) is 0 Å². The zero-order chi connectivity index (χ0) is 14.1. The molecule has 0 radical (unpaired) electrons. The summed E-state index contributed by atoms with van der Waals surface area (Å²) in [6.45, 7) is 3.92. The van der Waals surface area contributed by atoms with Crippen LogP contribution in [0.3, 0.4) is 0 Å². The molecule has 3 atom stereocenters. The Morgan fingerprint density at radius 3 is 2.85 bits per heavy atom. The standard InChI is InChI=1S/C16H23N3O/c1-2-14(17)11-5-7-12(8-6-11)19-9-3-4-13-15(19)10-18-16(13)20/h5-8,13-15H,2-4,9-10,17H2,1H3,(H,18,20). The fraction of sp³-hybridized carbons (Fsp3) is 0.562. The Balaban J connectivity index is 1.80. The van der Waals surface area contributed by atoms with E-state index in [-0.39, 0.29) is 17.9 Å². The van der Waals surface area contributed by atoms with Gasteiger partial charge in [-0.3, -0.25) is 4.79 Å². The molecule has 0 aromatic heterocycles. The van der Waals surface area contributed by atoms with Gasteiger partial charge >= 0.3 is 0 Å². The van der Waals surface area contributed by atoms with Crippen LogP contribution in [0.2, 0.25) is 0 Å². The Kier molecular flexibility index (Phi) is 3.66. The lowest BCUT2D eigenvalue weighted by Gasteiger charge is -2.37. The van der Waals surface area contributed by atoms with Crippen molar-refractivity contribution in [2.45, 2.75) is 38.3 Å². The van der Waals surface area contributed by atoms with Crippen LogP contribution in [0.15, 0.2) is 24.3 Å². The summed E-state index contributed by atoms with van der Waals surface area (Å²) >= 11 is 0. The zero-order valence-electron chi connectivity index (χ0n) is 12.0. The number of hydrogen-bond acceptors (Lipinski definition) is 3. The summed E-state index contributed by atoms with van der Waals surface area (Å²) in [6, 6.07) is 8.98. The SMILES string of the molecule is CCC(N)c1ccc(N2CCCC3C(=O)NCC32)cc1. The van der Waals surface area contributed by atoms with Gasteiger partial charge in [0.15, 0.2) is 0 Å². The fourth-order valence-corrected chi connectivity index (χ4v) is 3.42. The van der Waals surface area contributed by atoms with Gasteiger partial charge in [-0.2, -0.15) is 0 Å². The number of carbonyl (C=O) groups excluding carboxylic acids is 1. The monoisotopic (exact) mass is 273 g/mol. The van der Waals surface area contributed by atoms with Crippen molar-refractivity contribution < 1.29 is 4.79 Å². The smallest absolute Gasteiger partial charge is 0.225 e. The second kappa shape index (κ2) is 5.44. The molecular weight excluding hydrogens is 250 g/mol. The van der Waals surface area contributed by atoms with E-state index in [0.29, 0.717) is 6.04 Å². The Hall–Kier alpha value is -1.55. The van der Waals surface area contributed by atoms with Gasteiger partial charge in [0, 0.05) is 24.8 Å². The average molecular weight is 273 g/mol. The normalized spacial score (nSPS) is 27.1. The van der Waals surface area contributed by atoms with Crippen molar-refractivity contribution in [3.05, 3.63) is 29.8 Å². The van der Waals surface area contributed by atoms with Crippen LogP contribution in [0.25, 0.3) is 0 Å². The fourth-order valence-electron chi connectivity index (χ4n) is 3.42. The van der Waals surface area contributed by atoms with Crippen molar-refractivity contribution in [3.63, 3.8) is 0 Å². The van der Waals surface area contributed by atoms with E-state index in [9.17, 15) is 4.79 Å². The molecule has 4 heteroatoms. The molecule has 108 valence electrons. The zero-order valence-corrected chi connectivity index (χ0v) is 12.0. The number of nitrogens with two attached hydrogens (primary N) is 1. The first kappa shape index (κ1) is 13.4. The third-order valence-electron chi connectivity index (χ3n) is 4.69. The van der Waals surface area contributed by atoms with Crippen LogP contribution in [0.4, 0.5) is 5.69 Å². The molecule has 20 heavy (non-hydrogen) atoms. The van der Waals surface area contributed by atoms with Crippen molar-refractivity contribution in [1.29, 1.82) is 0 Å². The van der Waals surface area contributed by atoms with E-state index in [4.69, 9.17) is 5.73 Å². The van der Waals surface area contributed by atoms with Gasteiger partial charge in [-0.05, 0) is 37.0 Å². The van der Waals surface area contributed by atoms with Crippen molar-refractivity contribution in [2.24, 2.45) is 11.7 Å². The van der Waals surface area contributed by atoms with Crippen LogP contribution in [0, 0.1) is 5.92 Å². The van der Waals surface area contributed by atoms with Crippen LogP contribution < -0.4 is 16.0 Å². The maximum atomic E-state index is 11.8. The van der Waals surface area contributed by atoms with E-state index in [0.717, 1.165) is 32.4 Å². The molecule has 2 heterocycles. The van der Waals surface area contributed by atoms with Gasteiger partial charge < -0.3 is 16.0 Å². The quantitative estimate of drug-likeness (QED) is 0.883. The molecule has 3 N–H and O–H groups in total. The van der Waals surface area contributed by atoms with Crippen LogP contribution in [-0.4, -0.2) is 25.0 Å². The number of hydrogen-bond donors (Lipinski definition) is 2. The Morgan fingerprint density at radius 1 is 1.40 bits per heavy atom. The number of piperidine rings is 1. The lowest BCUT2D eigenvalue weighted by Crippen LogP contribution is -2.45. The Morgan fingerprint density at radius 2 is 2.15 bits per heavy atom. The molecule has 2 saturated heterocycles.